The molecule has 101 heavy (non-hydrogen) atoms. The number of terminal acetylenes is 6. The number of imide groups is 2. The van der Waals surface area contributed by atoms with Gasteiger partial charge in [-0.3, -0.25) is 67.3 Å². The van der Waals surface area contributed by atoms with E-state index >= 15 is 0 Å². The van der Waals surface area contributed by atoms with Crippen LogP contribution < -0.4 is 5.32 Å². The Hall–Kier alpha value is -9.16. The van der Waals surface area contributed by atoms with Crippen LogP contribution in [0.3, 0.4) is 0 Å². The summed E-state index contributed by atoms with van der Waals surface area (Å²) < 4.78 is 15.7. The maximum Gasteiger partial charge on any atom is 0.308 e. The van der Waals surface area contributed by atoms with Gasteiger partial charge in [-0.15, -0.1) is 38.5 Å². The van der Waals surface area contributed by atoms with E-state index in [1.165, 1.54) is 34.3 Å². The topological polar surface area (TPSA) is 267 Å². The average Bonchev–Trinajstić information content (AvgIpc) is 1.58. The molecule has 0 aromatic carbocycles. The molecular formula is C78H106N8O15. The smallest absolute Gasteiger partial charge is 0.308 e. The summed E-state index contributed by atoms with van der Waals surface area (Å²) in [5, 5.41) is 2.91. The number of rotatable bonds is 36. The van der Waals surface area contributed by atoms with E-state index in [0.29, 0.717) is 71.1 Å². The molecule has 0 aromatic rings. The number of esters is 3. The predicted octanol–water partition coefficient (Wildman–Crippen LogP) is 5.59. The Morgan fingerprint density at radius 3 is 0.901 bits per heavy atom. The van der Waals surface area contributed by atoms with Crippen molar-refractivity contribution in [2.24, 2.45) is 47.3 Å². The summed E-state index contributed by atoms with van der Waals surface area (Å²) in [6.45, 7) is 18.5. The van der Waals surface area contributed by atoms with E-state index in [4.69, 9.17) is 52.8 Å². The lowest BCUT2D eigenvalue weighted by molar-refractivity contribution is -0.156. The molecule has 2 saturated carbocycles. The first-order chi connectivity index (χ1) is 47.7. The number of ether oxygens (including phenoxy) is 3. The van der Waals surface area contributed by atoms with Crippen LogP contribution in [0.1, 0.15) is 165 Å². The van der Waals surface area contributed by atoms with Crippen LogP contribution in [0, 0.1) is 121 Å². The van der Waals surface area contributed by atoms with E-state index in [-0.39, 0.29) is 217 Å². The van der Waals surface area contributed by atoms with Crippen LogP contribution in [-0.2, 0) is 71.7 Å². The highest BCUT2D eigenvalue weighted by atomic mass is 16.6. The number of fused-ring (bicyclic) bond motifs is 10. The molecule has 6 rings (SSSR count). The number of likely N-dealkylation sites (tertiary alicyclic amines) is 2. The Labute approximate surface area is 599 Å². The van der Waals surface area contributed by atoms with Crippen LogP contribution in [0.2, 0.25) is 0 Å². The third-order valence-electron chi connectivity index (χ3n) is 17.8. The van der Waals surface area contributed by atoms with Crippen molar-refractivity contribution in [2.75, 3.05) is 91.6 Å². The molecule has 4 bridgehead atoms. The van der Waals surface area contributed by atoms with E-state index in [1.54, 1.807) is 41.5 Å². The van der Waals surface area contributed by atoms with Crippen LogP contribution in [-0.4, -0.2) is 214 Å². The zero-order valence-corrected chi connectivity index (χ0v) is 60.9. The van der Waals surface area contributed by atoms with Crippen molar-refractivity contribution in [2.45, 2.75) is 182 Å². The molecule has 6 aliphatic rings. The summed E-state index contributed by atoms with van der Waals surface area (Å²) in [7, 11) is 0. The minimum absolute atomic E-state index is 0.00185. The Balaban J connectivity index is 0.000000368. The number of hydrogen-bond donors (Lipinski definition) is 1. The summed E-state index contributed by atoms with van der Waals surface area (Å²) in [6.07, 6.45) is 46.9. The van der Waals surface area contributed by atoms with Crippen molar-refractivity contribution >= 4 is 71.1 Å². The fourth-order valence-electron chi connectivity index (χ4n) is 13.3. The molecule has 4 fully saturated rings. The van der Waals surface area contributed by atoms with Crippen molar-refractivity contribution in [3.63, 3.8) is 0 Å². The second kappa shape index (κ2) is 40.9. The highest BCUT2D eigenvalue weighted by molar-refractivity contribution is 6.07. The van der Waals surface area contributed by atoms with Crippen molar-refractivity contribution in [3.8, 4) is 74.1 Å². The molecule has 8 atom stereocenters. The number of unbranched alkanes of at least 4 members (excludes halogenated alkanes) is 4. The first-order valence-electron chi connectivity index (χ1n) is 35.2. The van der Waals surface area contributed by atoms with Gasteiger partial charge in [-0.25, -0.2) is 0 Å². The number of hydrogen-bond acceptors (Lipinski definition) is 16. The van der Waals surface area contributed by atoms with Crippen molar-refractivity contribution in [1.29, 1.82) is 0 Å². The summed E-state index contributed by atoms with van der Waals surface area (Å²) >= 11 is 0. The van der Waals surface area contributed by atoms with Gasteiger partial charge in [0.05, 0.1) is 82.2 Å². The minimum Gasteiger partial charge on any atom is -0.460 e. The lowest BCUT2D eigenvalue weighted by Crippen LogP contribution is -2.40. The van der Waals surface area contributed by atoms with Gasteiger partial charge in [-0.1, -0.05) is 72.7 Å². The Morgan fingerprint density at radius 1 is 0.386 bits per heavy atom. The normalized spacial score (nSPS) is 20.0. The molecule has 548 valence electrons. The lowest BCUT2D eigenvalue weighted by atomic mass is 9.85. The zero-order valence-electron chi connectivity index (χ0n) is 60.9. The van der Waals surface area contributed by atoms with Crippen molar-refractivity contribution < 1.29 is 71.7 Å². The highest BCUT2D eigenvalue weighted by Crippen LogP contribution is 2.53. The Morgan fingerprint density at radius 2 is 0.644 bits per heavy atom. The number of nitrogens with one attached hydrogen (secondary N) is 1. The minimum atomic E-state index is -0.648. The van der Waals surface area contributed by atoms with E-state index in [1.807, 2.05) is 20.8 Å². The fourth-order valence-corrected chi connectivity index (χ4v) is 13.3. The van der Waals surface area contributed by atoms with Gasteiger partial charge in [0.1, 0.15) is 16.8 Å². The first kappa shape index (κ1) is 84.3. The first-order valence-corrected chi connectivity index (χ1v) is 35.2. The van der Waals surface area contributed by atoms with Crippen molar-refractivity contribution in [1.82, 2.24) is 39.6 Å². The largest absolute Gasteiger partial charge is 0.460 e. The number of carbonyl (C=O) groups is 12. The van der Waals surface area contributed by atoms with Gasteiger partial charge in [-0.05, 0) is 125 Å². The molecule has 2 aliphatic heterocycles. The number of nitrogens with zero attached hydrogens (tertiary/aromatic N) is 7. The molecule has 23 heteroatoms. The molecule has 0 spiro atoms. The molecule has 1 N–H and O–H groups in total. The van der Waals surface area contributed by atoms with E-state index in [2.05, 4.69) is 65.1 Å². The molecule has 2 heterocycles. The van der Waals surface area contributed by atoms with Crippen LogP contribution in [0.4, 0.5) is 0 Å². The fraction of sp³-hybridized carbons (Fsp3) is 0.641. The maximum atomic E-state index is 13.1. The third kappa shape index (κ3) is 27.4. The van der Waals surface area contributed by atoms with Gasteiger partial charge in [-0.2, -0.15) is 0 Å². The predicted molar refractivity (Wildman–Crippen MR) is 380 cm³/mol. The quantitative estimate of drug-likeness (QED) is 0.0200. The standard InChI is InChI=1S/C37H48N4O7.C31H41N3O6.C10H17NO2/c1-7-19-38(29(42)13-11-10-12-22-41-35(46)33-27-14-15-28(26-27)34(33)36(41)47)23-16-30(43)39(20-8-2)24-17-31(44)40(21-9-3)25-18-32(45)48-37(4,5)6;1-6-16-32(19-14-25(36)33(17-7-2)20-15-26(37)40-31(3,4)5)24(35)11-9-8-10-18-34-29(38)27-22-12-13-23(21-22)28(27)30(34)39;1-5-7-11-8-6-9(12)13-10(2,3)4/h1-3,14-15,27-28,33-34H,10-13,16-26H2,4-6H3;1-2,12-13,22-23,27-28H,8-11,14-21H2,3-5H3;1,11H,6-8H2,2-4H3/t27-,28+,33+,34-;22-,23+,27+,28-;. The lowest BCUT2D eigenvalue weighted by Gasteiger charge is -2.26. The molecule has 0 aromatic heterocycles. The Kier molecular flexibility index (Phi) is 34.1. The number of amides is 9. The molecule has 2 saturated heterocycles. The van der Waals surface area contributed by atoms with Crippen LogP contribution in [0.15, 0.2) is 24.3 Å². The van der Waals surface area contributed by atoms with Crippen LogP contribution in [0.5, 0.6) is 0 Å². The summed E-state index contributed by atoms with van der Waals surface area (Å²) in [4.78, 5) is 161. The van der Waals surface area contributed by atoms with Crippen LogP contribution >= 0.6 is 0 Å². The van der Waals surface area contributed by atoms with Gasteiger partial charge in [0.15, 0.2) is 0 Å². The van der Waals surface area contributed by atoms with Crippen LogP contribution in [0.25, 0.3) is 0 Å². The second-order valence-corrected chi connectivity index (χ2v) is 29.0. The van der Waals surface area contributed by atoms with Gasteiger partial charge in [0, 0.05) is 84.5 Å². The molecule has 0 unspecified atom stereocenters. The monoisotopic (exact) mass is 1390 g/mol. The van der Waals surface area contributed by atoms with Gasteiger partial charge >= 0.3 is 17.9 Å². The summed E-state index contributed by atoms with van der Waals surface area (Å²) in [6, 6.07) is 0. The summed E-state index contributed by atoms with van der Waals surface area (Å²) in [5.74, 6) is 12.1. The van der Waals surface area contributed by atoms with Crippen molar-refractivity contribution in [3.05, 3.63) is 24.3 Å². The van der Waals surface area contributed by atoms with E-state index in [9.17, 15) is 57.5 Å². The Bertz CT molecular complexity index is 3230. The zero-order chi connectivity index (χ0) is 75.2. The van der Waals surface area contributed by atoms with E-state index in [0.717, 1.165) is 12.8 Å². The maximum absolute atomic E-state index is 13.1. The van der Waals surface area contributed by atoms with E-state index < -0.39 is 28.7 Å². The average molecular weight is 1400 g/mol. The summed E-state index contributed by atoms with van der Waals surface area (Å²) in [5.41, 5.74) is -1.67. The molecular weight excluding hydrogens is 1290 g/mol. The number of carbonyl (C=O) groups excluding carboxylic acids is 12. The SMILES string of the molecule is C#CCN(CCC(=O)OC(C)(C)C)C(=O)CCN(CC#C)C(=O)CCCCCN1C(=O)[C@@H]2[C@H](C1=O)[C@H]1C=C[C@@H]2C1.C#CCN(CCC(=O)OC(C)(C)C)C(=O)CCN(CC#C)C(=O)CCN(CC#C)C(=O)CCCCCN1C(=O)[C@@H]2[C@H](C1=O)[C@H]1C=C[C@@H]2C1.C#CCNCCC(=O)OC(C)(C)C. The van der Waals surface area contributed by atoms with Gasteiger partial charge in [0.25, 0.3) is 0 Å². The third-order valence-corrected chi connectivity index (χ3v) is 17.8. The molecule has 4 aliphatic carbocycles. The molecule has 0 radical (unpaired) electrons. The molecule has 23 nitrogen and oxygen atoms in total. The molecule has 9 amide bonds. The highest BCUT2D eigenvalue weighted by Gasteiger charge is 2.60. The van der Waals surface area contributed by atoms with Gasteiger partial charge in [0.2, 0.25) is 53.2 Å². The van der Waals surface area contributed by atoms with Gasteiger partial charge < -0.3 is 44.0 Å². The second-order valence-electron chi connectivity index (χ2n) is 29.0. The number of allylic oxidation sites excluding steroid dienone is 4.